The molecule has 0 aromatic rings. The lowest BCUT2D eigenvalue weighted by Crippen LogP contribution is -2.39. The lowest BCUT2D eigenvalue weighted by Gasteiger charge is -2.26. The fourth-order valence-electron chi connectivity index (χ4n) is 1.75. The number of terminal acetylenes is 1. The van der Waals surface area contributed by atoms with Gasteiger partial charge in [0, 0.05) is 6.54 Å². The summed E-state index contributed by atoms with van der Waals surface area (Å²) in [4.78, 5) is 13.5. The Hall–Kier alpha value is -1.21. The molecule has 1 aliphatic rings. The molecule has 0 aromatic heterocycles. The van der Waals surface area contributed by atoms with E-state index in [1.807, 2.05) is 27.7 Å². The van der Waals surface area contributed by atoms with E-state index in [-0.39, 0.29) is 18.3 Å². The second-order valence-corrected chi connectivity index (χ2v) is 5.59. The molecule has 0 saturated carbocycles. The van der Waals surface area contributed by atoms with Crippen LogP contribution >= 0.6 is 0 Å². The lowest BCUT2D eigenvalue weighted by atomic mass is 10.1. The predicted molar refractivity (Wildman–Crippen MR) is 65.6 cm³/mol. The summed E-state index contributed by atoms with van der Waals surface area (Å²) in [6.45, 7) is 8.99. The van der Waals surface area contributed by atoms with E-state index in [2.05, 4.69) is 5.92 Å². The Morgan fingerprint density at radius 2 is 2.18 bits per heavy atom. The highest BCUT2D eigenvalue weighted by Crippen LogP contribution is 2.26. The van der Waals surface area contributed by atoms with Gasteiger partial charge in [-0.25, -0.2) is 4.79 Å². The smallest absolute Gasteiger partial charge is 0.410 e. The number of likely N-dealkylation sites (tertiary alicyclic amines) is 1. The van der Waals surface area contributed by atoms with Crippen molar-refractivity contribution in [3.63, 3.8) is 0 Å². The van der Waals surface area contributed by atoms with E-state index in [0.29, 0.717) is 13.1 Å². The van der Waals surface area contributed by atoms with Gasteiger partial charge in [-0.2, -0.15) is 0 Å². The maximum absolute atomic E-state index is 11.8. The van der Waals surface area contributed by atoms with E-state index in [9.17, 15) is 4.79 Å². The molecule has 17 heavy (non-hydrogen) atoms. The highest BCUT2D eigenvalue weighted by molar-refractivity contribution is 5.68. The Labute approximate surface area is 103 Å². The molecule has 0 spiro atoms. The molecule has 1 heterocycles. The highest BCUT2D eigenvalue weighted by atomic mass is 16.6. The molecule has 4 heteroatoms. The van der Waals surface area contributed by atoms with E-state index in [0.717, 1.165) is 6.42 Å². The van der Waals surface area contributed by atoms with Crippen LogP contribution in [0.2, 0.25) is 0 Å². The molecule has 0 N–H and O–H groups in total. The third-order valence-corrected chi connectivity index (χ3v) is 2.59. The minimum Gasteiger partial charge on any atom is -0.444 e. The van der Waals surface area contributed by atoms with Crippen molar-refractivity contribution in [2.75, 3.05) is 19.7 Å². The Kier molecular flexibility index (Phi) is 4.05. The molecular weight excluding hydrogens is 218 g/mol. The van der Waals surface area contributed by atoms with Crippen LogP contribution in [0.3, 0.4) is 0 Å². The zero-order valence-electron chi connectivity index (χ0n) is 11.1. The number of ether oxygens (including phenoxy) is 2. The van der Waals surface area contributed by atoms with Crippen LogP contribution in [0.4, 0.5) is 4.79 Å². The zero-order chi connectivity index (χ0) is 13.1. The fraction of sp³-hybridized carbons (Fsp3) is 0.769. The molecule has 1 atom stereocenters. The molecule has 1 fully saturated rings. The SMILES string of the molecule is C#CCOC1(C)CCN(C(=O)OC(C)(C)C)C1. The van der Waals surface area contributed by atoms with Crippen molar-refractivity contribution in [2.45, 2.75) is 45.3 Å². The van der Waals surface area contributed by atoms with Crippen LogP contribution in [-0.4, -0.2) is 41.9 Å². The highest BCUT2D eigenvalue weighted by Gasteiger charge is 2.38. The van der Waals surface area contributed by atoms with Gasteiger partial charge < -0.3 is 14.4 Å². The molecule has 1 rings (SSSR count). The maximum atomic E-state index is 11.8. The topological polar surface area (TPSA) is 38.8 Å². The first-order valence-electron chi connectivity index (χ1n) is 5.81. The minimum absolute atomic E-state index is 0.276. The first kappa shape index (κ1) is 13.9. The second kappa shape index (κ2) is 4.97. The summed E-state index contributed by atoms with van der Waals surface area (Å²) in [7, 11) is 0. The Bertz CT molecular complexity index is 327. The normalized spacial score (nSPS) is 24.5. The number of amides is 1. The molecule has 0 bridgehead atoms. The molecule has 96 valence electrons. The molecule has 1 saturated heterocycles. The average Bonchev–Trinajstić information content (AvgIpc) is 2.56. The summed E-state index contributed by atoms with van der Waals surface area (Å²) in [5.41, 5.74) is -0.807. The molecule has 0 aliphatic carbocycles. The number of carbonyl (C=O) groups excluding carboxylic acids is 1. The van der Waals surface area contributed by atoms with Gasteiger partial charge in [-0.3, -0.25) is 0 Å². The summed E-state index contributed by atoms with van der Waals surface area (Å²) < 4.78 is 10.9. The van der Waals surface area contributed by atoms with Crippen LogP contribution < -0.4 is 0 Å². The Morgan fingerprint density at radius 3 is 2.71 bits per heavy atom. The van der Waals surface area contributed by atoms with Gasteiger partial charge in [0.2, 0.25) is 0 Å². The first-order valence-corrected chi connectivity index (χ1v) is 5.81. The maximum Gasteiger partial charge on any atom is 0.410 e. The van der Waals surface area contributed by atoms with Gasteiger partial charge in [-0.15, -0.1) is 6.42 Å². The zero-order valence-corrected chi connectivity index (χ0v) is 11.1. The summed E-state index contributed by atoms with van der Waals surface area (Å²) in [6.07, 6.45) is 5.66. The number of nitrogens with zero attached hydrogens (tertiary/aromatic N) is 1. The largest absolute Gasteiger partial charge is 0.444 e. The van der Waals surface area contributed by atoms with Crippen molar-refractivity contribution in [2.24, 2.45) is 0 Å². The number of rotatable bonds is 2. The average molecular weight is 239 g/mol. The summed E-state index contributed by atoms with van der Waals surface area (Å²) in [5.74, 6) is 2.45. The number of carbonyl (C=O) groups is 1. The summed E-state index contributed by atoms with van der Waals surface area (Å²) in [5, 5.41) is 0. The summed E-state index contributed by atoms with van der Waals surface area (Å²) in [6, 6.07) is 0. The second-order valence-electron chi connectivity index (χ2n) is 5.59. The summed E-state index contributed by atoms with van der Waals surface area (Å²) >= 11 is 0. The number of hydrogen-bond acceptors (Lipinski definition) is 3. The van der Waals surface area contributed by atoms with Gasteiger partial charge in [-0.05, 0) is 34.1 Å². The van der Waals surface area contributed by atoms with Crippen LogP contribution in [0.1, 0.15) is 34.1 Å². The van der Waals surface area contributed by atoms with Gasteiger partial charge >= 0.3 is 6.09 Å². The lowest BCUT2D eigenvalue weighted by molar-refractivity contribution is -0.0116. The van der Waals surface area contributed by atoms with Gasteiger partial charge in [0.1, 0.15) is 12.2 Å². The van der Waals surface area contributed by atoms with Crippen molar-refractivity contribution < 1.29 is 14.3 Å². The molecule has 0 radical (unpaired) electrons. The third-order valence-electron chi connectivity index (χ3n) is 2.59. The molecule has 1 amide bonds. The van der Waals surface area contributed by atoms with E-state index >= 15 is 0 Å². The van der Waals surface area contributed by atoms with E-state index in [4.69, 9.17) is 15.9 Å². The van der Waals surface area contributed by atoms with Gasteiger partial charge in [-0.1, -0.05) is 5.92 Å². The minimum atomic E-state index is -0.463. The van der Waals surface area contributed by atoms with E-state index < -0.39 is 5.60 Å². The standard InChI is InChI=1S/C13H21NO3/c1-6-9-16-13(5)7-8-14(10-13)11(15)17-12(2,3)4/h1H,7-10H2,2-5H3. The van der Waals surface area contributed by atoms with E-state index in [1.165, 1.54) is 0 Å². The molecule has 0 aromatic carbocycles. The van der Waals surface area contributed by atoms with Crippen molar-refractivity contribution in [3.8, 4) is 12.3 Å². The number of hydrogen-bond donors (Lipinski definition) is 0. The predicted octanol–water partition coefficient (Wildman–Crippen LogP) is 2.04. The van der Waals surface area contributed by atoms with Crippen LogP contribution in [0.25, 0.3) is 0 Å². The van der Waals surface area contributed by atoms with Crippen LogP contribution in [0, 0.1) is 12.3 Å². The molecule has 4 nitrogen and oxygen atoms in total. The van der Waals surface area contributed by atoms with Crippen molar-refractivity contribution in [3.05, 3.63) is 0 Å². The quantitative estimate of drug-likeness (QED) is 0.692. The van der Waals surface area contributed by atoms with Gasteiger partial charge in [0.25, 0.3) is 0 Å². The monoisotopic (exact) mass is 239 g/mol. The molecular formula is C13H21NO3. The Morgan fingerprint density at radius 1 is 1.53 bits per heavy atom. The van der Waals surface area contributed by atoms with Crippen molar-refractivity contribution >= 4 is 6.09 Å². The molecule has 1 aliphatic heterocycles. The van der Waals surface area contributed by atoms with Crippen molar-refractivity contribution in [1.29, 1.82) is 0 Å². The van der Waals surface area contributed by atoms with E-state index in [1.54, 1.807) is 4.90 Å². The van der Waals surface area contributed by atoms with Crippen LogP contribution in [0.5, 0.6) is 0 Å². The van der Waals surface area contributed by atoms with Crippen LogP contribution in [-0.2, 0) is 9.47 Å². The van der Waals surface area contributed by atoms with Gasteiger partial charge in [0.15, 0.2) is 0 Å². The molecule has 1 unspecified atom stereocenters. The fourth-order valence-corrected chi connectivity index (χ4v) is 1.75. The van der Waals surface area contributed by atoms with Crippen LogP contribution in [0.15, 0.2) is 0 Å². The first-order chi connectivity index (χ1) is 7.76. The third kappa shape index (κ3) is 4.27. The Balaban J connectivity index is 2.50. The van der Waals surface area contributed by atoms with Gasteiger partial charge in [0.05, 0.1) is 12.1 Å². The van der Waals surface area contributed by atoms with Crippen molar-refractivity contribution in [1.82, 2.24) is 4.90 Å².